The SMILES string of the molecule is O=C(CN1CCN(CC2CCCCC2)CC1)Cn1c2ccc(Br)cc2c2cc(Br)ccc21. The van der Waals surface area contributed by atoms with E-state index in [4.69, 9.17) is 0 Å². The summed E-state index contributed by atoms with van der Waals surface area (Å²) in [7, 11) is 0. The lowest BCUT2D eigenvalue weighted by Crippen LogP contribution is -2.49. The van der Waals surface area contributed by atoms with Gasteiger partial charge < -0.3 is 9.47 Å². The van der Waals surface area contributed by atoms with Crippen molar-refractivity contribution in [3.8, 4) is 0 Å². The third-order valence-electron chi connectivity index (χ3n) is 7.23. The van der Waals surface area contributed by atoms with E-state index in [0.29, 0.717) is 13.1 Å². The molecule has 1 aromatic heterocycles. The molecule has 4 nitrogen and oxygen atoms in total. The van der Waals surface area contributed by atoms with Gasteiger partial charge in [-0.3, -0.25) is 9.69 Å². The van der Waals surface area contributed by atoms with Crippen molar-refractivity contribution in [2.45, 2.75) is 38.6 Å². The molecule has 3 aromatic rings. The maximum Gasteiger partial charge on any atom is 0.166 e. The van der Waals surface area contributed by atoms with Gasteiger partial charge in [0.05, 0.1) is 13.1 Å². The number of Topliss-reactive ketones (excluding diaryl/α,β-unsaturated/α-hetero) is 1. The zero-order valence-electron chi connectivity index (χ0n) is 18.5. The summed E-state index contributed by atoms with van der Waals surface area (Å²) in [6, 6.07) is 12.6. The minimum absolute atomic E-state index is 0.287. The first kappa shape index (κ1) is 22.6. The first-order chi connectivity index (χ1) is 15.6. The van der Waals surface area contributed by atoms with Crippen molar-refractivity contribution >= 4 is 59.4 Å². The summed E-state index contributed by atoms with van der Waals surface area (Å²) >= 11 is 7.20. The molecular formula is C26H31Br2N3O. The highest BCUT2D eigenvalue weighted by atomic mass is 79.9. The molecule has 2 fully saturated rings. The zero-order valence-corrected chi connectivity index (χ0v) is 21.7. The Labute approximate surface area is 207 Å². The van der Waals surface area contributed by atoms with Gasteiger partial charge in [0.2, 0.25) is 0 Å². The van der Waals surface area contributed by atoms with E-state index in [2.05, 4.69) is 82.6 Å². The van der Waals surface area contributed by atoms with Gasteiger partial charge in [-0.1, -0.05) is 51.1 Å². The lowest BCUT2D eigenvalue weighted by molar-refractivity contribution is -0.121. The van der Waals surface area contributed by atoms with E-state index in [-0.39, 0.29) is 5.78 Å². The number of aromatic nitrogens is 1. The van der Waals surface area contributed by atoms with Crippen LogP contribution in [0, 0.1) is 5.92 Å². The lowest BCUT2D eigenvalue weighted by Gasteiger charge is -2.37. The quantitative estimate of drug-likeness (QED) is 0.365. The van der Waals surface area contributed by atoms with Crippen LogP contribution in [0.15, 0.2) is 45.3 Å². The minimum atomic E-state index is 0.287. The van der Waals surface area contributed by atoms with E-state index >= 15 is 0 Å². The summed E-state index contributed by atoms with van der Waals surface area (Å²) < 4.78 is 4.30. The van der Waals surface area contributed by atoms with Crippen LogP contribution in [0.1, 0.15) is 32.1 Å². The molecule has 0 N–H and O–H groups in total. The molecule has 1 saturated carbocycles. The summed E-state index contributed by atoms with van der Waals surface area (Å²) in [6.07, 6.45) is 7.06. The Morgan fingerprint density at radius 2 is 1.34 bits per heavy atom. The highest BCUT2D eigenvalue weighted by Gasteiger charge is 2.23. The first-order valence-corrected chi connectivity index (χ1v) is 13.5. The molecule has 0 spiro atoms. The van der Waals surface area contributed by atoms with Crippen LogP contribution >= 0.6 is 31.9 Å². The minimum Gasteiger partial charge on any atom is -0.333 e. The molecule has 32 heavy (non-hydrogen) atoms. The van der Waals surface area contributed by atoms with E-state index in [9.17, 15) is 4.79 Å². The van der Waals surface area contributed by atoms with E-state index in [1.54, 1.807) is 0 Å². The van der Waals surface area contributed by atoms with Gasteiger partial charge >= 0.3 is 0 Å². The Morgan fingerprint density at radius 3 is 1.94 bits per heavy atom. The fraction of sp³-hybridized carbons (Fsp3) is 0.500. The second kappa shape index (κ2) is 9.96. The van der Waals surface area contributed by atoms with Crippen molar-refractivity contribution in [2.75, 3.05) is 39.3 Å². The fourth-order valence-corrected chi connectivity index (χ4v) is 6.28. The van der Waals surface area contributed by atoms with Crippen LogP contribution in [0.25, 0.3) is 21.8 Å². The van der Waals surface area contributed by atoms with Crippen LogP contribution < -0.4 is 0 Å². The summed E-state index contributed by atoms with van der Waals surface area (Å²) in [5, 5.41) is 2.36. The van der Waals surface area contributed by atoms with Crippen molar-refractivity contribution in [3.05, 3.63) is 45.3 Å². The van der Waals surface area contributed by atoms with Gasteiger partial charge in [-0.05, 0) is 55.2 Å². The molecule has 170 valence electrons. The third kappa shape index (κ3) is 4.98. The molecule has 1 aliphatic carbocycles. The van der Waals surface area contributed by atoms with E-state index in [1.165, 1.54) is 49.4 Å². The lowest BCUT2D eigenvalue weighted by atomic mass is 9.89. The Balaban J connectivity index is 1.24. The van der Waals surface area contributed by atoms with Crippen LogP contribution in [0.5, 0.6) is 0 Å². The molecule has 6 heteroatoms. The number of ketones is 1. The van der Waals surface area contributed by atoms with Crippen LogP contribution in [0.3, 0.4) is 0 Å². The number of fused-ring (bicyclic) bond motifs is 3. The number of piperazine rings is 1. The Kier molecular flexibility index (Phi) is 7.03. The van der Waals surface area contributed by atoms with Gasteiger partial charge in [-0.2, -0.15) is 0 Å². The molecule has 1 saturated heterocycles. The molecule has 2 aliphatic rings. The number of carbonyl (C=O) groups excluding carboxylic acids is 1. The molecule has 2 aromatic carbocycles. The molecule has 0 bridgehead atoms. The molecule has 0 radical (unpaired) electrons. The molecule has 2 heterocycles. The number of hydrogen-bond acceptors (Lipinski definition) is 3. The number of hydrogen-bond donors (Lipinski definition) is 0. The molecular weight excluding hydrogens is 530 g/mol. The smallest absolute Gasteiger partial charge is 0.166 e. The second-order valence-corrected chi connectivity index (χ2v) is 11.4. The molecule has 0 atom stereocenters. The number of carbonyl (C=O) groups is 1. The molecule has 1 aliphatic heterocycles. The van der Waals surface area contributed by atoms with Crippen LogP contribution in [-0.2, 0) is 11.3 Å². The first-order valence-electron chi connectivity index (χ1n) is 11.9. The highest BCUT2D eigenvalue weighted by molar-refractivity contribution is 9.10. The van der Waals surface area contributed by atoms with Gasteiger partial charge in [-0.25, -0.2) is 0 Å². The van der Waals surface area contributed by atoms with Crippen molar-refractivity contribution in [1.29, 1.82) is 0 Å². The number of rotatable bonds is 6. The predicted molar refractivity (Wildman–Crippen MR) is 139 cm³/mol. The number of benzene rings is 2. The zero-order chi connectivity index (χ0) is 22.1. The van der Waals surface area contributed by atoms with Gasteiger partial charge in [0.1, 0.15) is 0 Å². The van der Waals surface area contributed by atoms with Gasteiger partial charge in [0.25, 0.3) is 0 Å². The van der Waals surface area contributed by atoms with Crippen molar-refractivity contribution in [1.82, 2.24) is 14.4 Å². The Hall–Kier alpha value is -1.21. The molecule has 0 unspecified atom stereocenters. The summed E-state index contributed by atoms with van der Waals surface area (Å²) in [5.74, 6) is 1.18. The van der Waals surface area contributed by atoms with Gasteiger partial charge in [0.15, 0.2) is 5.78 Å². The van der Waals surface area contributed by atoms with E-state index in [1.807, 2.05) is 0 Å². The van der Waals surface area contributed by atoms with E-state index in [0.717, 1.165) is 52.1 Å². The maximum absolute atomic E-state index is 13.1. The van der Waals surface area contributed by atoms with Crippen LogP contribution in [-0.4, -0.2) is 59.4 Å². The Morgan fingerprint density at radius 1 is 0.781 bits per heavy atom. The van der Waals surface area contributed by atoms with Crippen LogP contribution in [0.4, 0.5) is 0 Å². The Bertz CT molecular complexity index is 1050. The summed E-state index contributed by atoms with van der Waals surface area (Å²) in [6.45, 7) is 6.44. The predicted octanol–water partition coefficient (Wildman–Crippen LogP) is 6.09. The topological polar surface area (TPSA) is 28.5 Å². The summed E-state index contributed by atoms with van der Waals surface area (Å²) in [5.41, 5.74) is 2.24. The molecule has 5 rings (SSSR count). The molecule has 0 amide bonds. The van der Waals surface area contributed by atoms with Crippen LogP contribution in [0.2, 0.25) is 0 Å². The standard InChI is InChI=1S/C26H31Br2N3O/c27-20-6-8-25-23(14-20)24-15-21(28)7-9-26(24)31(25)18-22(32)17-30-12-10-29(11-13-30)16-19-4-2-1-3-5-19/h6-9,14-15,19H,1-5,10-13,16-18H2. The van der Waals surface area contributed by atoms with Crippen molar-refractivity contribution in [3.63, 3.8) is 0 Å². The van der Waals surface area contributed by atoms with E-state index < -0.39 is 0 Å². The summed E-state index contributed by atoms with van der Waals surface area (Å²) in [4.78, 5) is 18.1. The number of halogens is 2. The monoisotopic (exact) mass is 559 g/mol. The van der Waals surface area contributed by atoms with Gasteiger partial charge in [0, 0.05) is 63.5 Å². The second-order valence-electron chi connectivity index (χ2n) is 9.53. The maximum atomic E-state index is 13.1. The highest BCUT2D eigenvalue weighted by Crippen LogP contribution is 2.33. The third-order valence-corrected chi connectivity index (χ3v) is 8.22. The van der Waals surface area contributed by atoms with Crippen molar-refractivity contribution in [2.24, 2.45) is 5.92 Å². The average Bonchev–Trinajstić information content (AvgIpc) is 3.08. The number of nitrogens with zero attached hydrogens (tertiary/aromatic N) is 3. The largest absolute Gasteiger partial charge is 0.333 e. The normalized spacial score (nSPS) is 19.2. The van der Waals surface area contributed by atoms with Crippen molar-refractivity contribution < 1.29 is 4.79 Å². The average molecular weight is 561 g/mol. The fourth-order valence-electron chi connectivity index (χ4n) is 5.56. The van der Waals surface area contributed by atoms with Gasteiger partial charge in [-0.15, -0.1) is 0 Å².